The van der Waals surface area contributed by atoms with E-state index in [2.05, 4.69) is 30.0 Å². The van der Waals surface area contributed by atoms with Crippen LogP contribution in [0.3, 0.4) is 0 Å². The Morgan fingerprint density at radius 1 is 1.28 bits per heavy atom. The maximum atomic E-state index is 8.95. The number of nitrogens with one attached hydrogen (secondary N) is 1. The van der Waals surface area contributed by atoms with Crippen LogP contribution in [0, 0.1) is 0 Å². The van der Waals surface area contributed by atoms with E-state index in [1.54, 1.807) is 16.9 Å². The van der Waals surface area contributed by atoms with Crippen molar-refractivity contribution < 1.29 is 9.53 Å². The quantitative estimate of drug-likeness (QED) is 0.523. The van der Waals surface area contributed by atoms with Gasteiger partial charge in [0.15, 0.2) is 5.65 Å². The van der Waals surface area contributed by atoms with Crippen molar-refractivity contribution in [3.8, 4) is 0 Å². The van der Waals surface area contributed by atoms with Crippen molar-refractivity contribution in [2.24, 2.45) is 0 Å². The van der Waals surface area contributed by atoms with Crippen molar-refractivity contribution in [3.63, 3.8) is 0 Å². The number of nitrogens with zero attached hydrogens (tertiary/aromatic N) is 5. The molecule has 0 bridgehead atoms. The maximum absolute atomic E-state index is 8.95. The molecular weight excluding hydrogens is 367 g/mol. The van der Waals surface area contributed by atoms with Gasteiger partial charge in [0.25, 0.3) is 6.47 Å². The molecular formula is C20H27BN6O2. The molecule has 4 heterocycles. The lowest BCUT2D eigenvalue weighted by Gasteiger charge is -2.18. The molecule has 152 valence electrons. The van der Waals surface area contributed by atoms with Crippen molar-refractivity contribution >= 4 is 37.1 Å². The molecule has 0 unspecified atom stereocenters. The van der Waals surface area contributed by atoms with Crippen LogP contribution in [-0.2, 0) is 16.1 Å². The summed E-state index contributed by atoms with van der Waals surface area (Å²) in [5, 5.41) is 7.75. The molecule has 8 nitrogen and oxygen atoms in total. The molecule has 1 aliphatic heterocycles. The minimum atomic E-state index is 0.375. The first-order valence-corrected chi connectivity index (χ1v) is 9.71. The predicted molar refractivity (Wildman–Crippen MR) is 116 cm³/mol. The summed E-state index contributed by atoms with van der Waals surface area (Å²) in [6.07, 6.45) is 7.68. The largest absolute Gasteiger partial charge is 0.471 e. The fraction of sp³-hybridized carbons (Fsp3) is 0.400. The average Bonchev–Trinajstić information content (AvgIpc) is 3.45. The van der Waals surface area contributed by atoms with Crippen LogP contribution >= 0.6 is 0 Å². The minimum Gasteiger partial charge on any atom is -0.471 e. The molecule has 1 fully saturated rings. The van der Waals surface area contributed by atoms with Gasteiger partial charge in [-0.1, -0.05) is 19.9 Å². The van der Waals surface area contributed by atoms with E-state index in [0.717, 1.165) is 30.3 Å². The Morgan fingerprint density at radius 3 is 2.62 bits per heavy atom. The summed E-state index contributed by atoms with van der Waals surface area (Å²) >= 11 is 0. The number of anilines is 2. The lowest BCUT2D eigenvalue weighted by atomic mass is 10.0. The topological polar surface area (TPSA) is 84.6 Å². The van der Waals surface area contributed by atoms with Crippen LogP contribution in [0.15, 0.2) is 36.8 Å². The number of pyridine rings is 1. The van der Waals surface area contributed by atoms with Crippen molar-refractivity contribution in [2.75, 3.05) is 30.4 Å². The van der Waals surface area contributed by atoms with Crippen LogP contribution in [-0.4, -0.2) is 54.1 Å². The van der Waals surface area contributed by atoms with Gasteiger partial charge in [-0.05, 0) is 29.9 Å². The number of methoxy groups -OCH3 is 1. The predicted octanol–water partition coefficient (Wildman–Crippen LogP) is 1.95. The van der Waals surface area contributed by atoms with Gasteiger partial charge in [0.05, 0.1) is 7.11 Å². The molecule has 3 aromatic rings. The van der Waals surface area contributed by atoms with Crippen molar-refractivity contribution in [1.82, 2.24) is 19.6 Å². The van der Waals surface area contributed by atoms with E-state index in [9.17, 15) is 0 Å². The molecule has 4 rings (SSSR count). The Kier molecular flexibility index (Phi) is 8.94. The van der Waals surface area contributed by atoms with Crippen LogP contribution in [0.5, 0.6) is 0 Å². The molecule has 1 aliphatic rings. The van der Waals surface area contributed by atoms with Gasteiger partial charge in [-0.3, -0.25) is 9.78 Å². The lowest BCUT2D eigenvalue weighted by Crippen LogP contribution is -2.21. The molecule has 29 heavy (non-hydrogen) atoms. The zero-order valence-electron chi connectivity index (χ0n) is 17.2. The summed E-state index contributed by atoms with van der Waals surface area (Å²) in [4.78, 5) is 20.1. The summed E-state index contributed by atoms with van der Waals surface area (Å²) in [5.41, 5.74) is 2.40. The highest BCUT2D eigenvalue weighted by Crippen LogP contribution is 2.22. The normalized spacial score (nSPS) is 12.4. The second-order valence-corrected chi connectivity index (χ2v) is 6.08. The number of hydrogen-bond donors (Lipinski definition) is 1. The van der Waals surface area contributed by atoms with Crippen molar-refractivity contribution in [1.29, 1.82) is 0 Å². The molecule has 0 amide bonds. The number of carbonyl (C=O) groups excluding carboxylic acids is 1. The van der Waals surface area contributed by atoms with Crippen LogP contribution in [0.25, 0.3) is 5.65 Å². The summed E-state index contributed by atoms with van der Waals surface area (Å²) in [6, 6.07) is 6.01. The van der Waals surface area contributed by atoms with E-state index in [1.165, 1.54) is 20.0 Å². The van der Waals surface area contributed by atoms with E-state index >= 15 is 0 Å². The fourth-order valence-electron chi connectivity index (χ4n) is 2.90. The average molecular weight is 394 g/mol. The molecule has 0 aromatic carbocycles. The van der Waals surface area contributed by atoms with Crippen molar-refractivity contribution in [2.45, 2.75) is 33.2 Å². The van der Waals surface area contributed by atoms with E-state index in [0.29, 0.717) is 24.1 Å². The lowest BCUT2D eigenvalue weighted by molar-refractivity contribution is -0.126. The maximum Gasteiger partial charge on any atom is 0.292 e. The third kappa shape index (κ3) is 5.94. The van der Waals surface area contributed by atoms with Gasteiger partial charge in [0.2, 0.25) is 0 Å². The third-order valence-corrected chi connectivity index (χ3v) is 4.21. The smallest absolute Gasteiger partial charge is 0.292 e. The molecule has 0 spiro atoms. The fourth-order valence-corrected chi connectivity index (χ4v) is 2.90. The minimum absolute atomic E-state index is 0.375. The highest BCUT2D eigenvalue weighted by molar-refractivity contribution is 6.36. The Bertz CT molecular complexity index is 881. The standard InChI is InChI=1S/C16H17BN6.C2H4O2.C2H6/c17-13-11-20-23-14(19-10-12-4-3-5-18-9-12)8-15(21-16(13)23)22-6-1-2-7-22;1-4-2-3;1-2/h3-5,8-9,11,19H,1-2,6-7,10H2;2H,1H3;1-2H3. The zero-order chi connectivity index (χ0) is 21.1. The molecule has 3 aromatic heterocycles. The van der Waals surface area contributed by atoms with Gasteiger partial charge >= 0.3 is 0 Å². The van der Waals surface area contributed by atoms with Gasteiger partial charge in [-0.25, -0.2) is 4.98 Å². The molecule has 0 atom stereocenters. The van der Waals surface area contributed by atoms with E-state index in [4.69, 9.17) is 12.6 Å². The first-order valence-electron chi connectivity index (χ1n) is 9.71. The number of aromatic nitrogens is 4. The van der Waals surface area contributed by atoms with E-state index < -0.39 is 0 Å². The highest BCUT2D eigenvalue weighted by atomic mass is 16.5. The Balaban J connectivity index is 0.000000449. The van der Waals surface area contributed by atoms with E-state index in [-0.39, 0.29) is 0 Å². The SMILES string of the molecule is CC.COC=O.[B]c1cnn2c(NCc3cccnc3)cc(N3CCCC3)nc12. The second-order valence-electron chi connectivity index (χ2n) is 6.08. The van der Waals surface area contributed by atoms with Gasteiger partial charge in [-0.2, -0.15) is 9.61 Å². The first-order chi connectivity index (χ1) is 14.2. The summed E-state index contributed by atoms with van der Waals surface area (Å²) in [7, 11) is 7.33. The Morgan fingerprint density at radius 2 is 2.00 bits per heavy atom. The number of ether oxygens (including phenoxy) is 1. The van der Waals surface area contributed by atoms with Crippen LogP contribution < -0.4 is 15.7 Å². The van der Waals surface area contributed by atoms with Gasteiger partial charge in [0.1, 0.15) is 19.5 Å². The monoisotopic (exact) mass is 394 g/mol. The van der Waals surface area contributed by atoms with Crippen LogP contribution in [0.2, 0.25) is 0 Å². The third-order valence-electron chi connectivity index (χ3n) is 4.21. The van der Waals surface area contributed by atoms with Crippen LogP contribution in [0.4, 0.5) is 11.6 Å². The summed E-state index contributed by atoms with van der Waals surface area (Å²) < 4.78 is 5.62. The number of carbonyl (C=O) groups is 1. The van der Waals surface area contributed by atoms with Crippen molar-refractivity contribution in [3.05, 3.63) is 42.4 Å². The first kappa shape index (κ1) is 22.2. The second kappa shape index (κ2) is 11.7. The molecule has 0 aliphatic carbocycles. The summed E-state index contributed by atoms with van der Waals surface area (Å²) in [5.74, 6) is 1.84. The molecule has 1 N–H and O–H groups in total. The molecule has 0 saturated carbocycles. The number of fused-ring (bicyclic) bond motifs is 1. The molecule has 2 radical (unpaired) electrons. The summed E-state index contributed by atoms with van der Waals surface area (Å²) in [6.45, 7) is 7.13. The molecule has 9 heteroatoms. The highest BCUT2D eigenvalue weighted by Gasteiger charge is 2.17. The van der Waals surface area contributed by atoms with Gasteiger partial charge < -0.3 is 15.0 Å². The van der Waals surface area contributed by atoms with E-state index in [1.807, 2.05) is 38.2 Å². The van der Waals surface area contributed by atoms with Gasteiger partial charge in [-0.15, -0.1) is 0 Å². The Hall–Kier alpha value is -3.10. The molecule has 1 saturated heterocycles. The Labute approximate surface area is 172 Å². The van der Waals surface area contributed by atoms with Crippen LogP contribution in [0.1, 0.15) is 32.3 Å². The zero-order valence-corrected chi connectivity index (χ0v) is 17.2. The number of rotatable bonds is 5. The van der Waals surface area contributed by atoms with Gasteiger partial charge in [0, 0.05) is 44.3 Å². The number of hydrogen-bond acceptors (Lipinski definition) is 7.